The van der Waals surface area contributed by atoms with Crippen LogP contribution in [0.25, 0.3) is 0 Å². The summed E-state index contributed by atoms with van der Waals surface area (Å²) in [5, 5.41) is 2.94. The standard InChI is InChI=1S/C14H17N3O4/c15-11(8-10-4-2-1-3-5-10)9-16-14(20)21-17-12(18)6-7-13(17)19/h1-5,11H,6-9,15H2,(H,16,20)/t11-/m0/s1. The first-order valence-electron chi connectivity index (χ1n) is 6.67. The van der Waals surface area contributed by atoms with Gasteiger partial charge in [-0.2, -0.15) is 0 Å². The van der Waals surface area contributed by atoms with Crippen LogP contribution in [0.4, 0.5) is 4.79 Å². The first-order chi connectivity index (χ1) is 10.1. The number of benzene rings is 1. The lowest BCUT2D eigenvalue weighted by molar-refractivity contribution is -0.171. The molecule has 0 spiro atoms. The number of carbonyl (C=O) groups excluding carboxylic acids is 3. The minimum absolute atomic E-state index is 0.0691. The highest BCUT2D eigenvalue weighted by Gasteiger charge is 2.32. The maximum atomic E-state index is 11.5. The van der Waals surface area contributed by atoms with Gasteiger partial charge in [0.25, 0.3) is 11.8 Å². The third-order valence-electron chi connectivity index (χ3n) is 3.03. The maximum absolute atomic E-state index is 11.5. The predicted octanol–water partition coefficient (Wildman–Crippen LogP) is 0.347. The van der Waals surface area contributed by atoms with E-state index in [9.17, 15) is 14.4 Å². The second-order valence-corrected chi connectivity index (χ2v) is 4.79. The molecule has 0 unspecified atom stereocenters. The number of nitrogens with two attached hydrogens (primary N) is 1. The molecule has 1 aliphatic heterocycles. The number of carbonyl (C=O) groups is 3. The van der Waals surface area contributed by atoms with Crippen molar-refractivity contribution in [3.05, 3.63) is 35.9 Å². The molecule has 112 valence electrons. The minimum atomic E-state index is -0.859. The van der Waals surface area contributed by atoms with Gasteiger partial charge in [0.05, 0.1) is 0 Å². The van der Waals surface area contributed by atoms with Crippen molar-refractivity contribution in [3.63, 3.8) is 0 Å². The Hall–Kier alpha value is -2.41. The quantitative estimate of drug-likeness (QED) is 0.762. The van der Waals surface area contributed by atoms with Crippen molar-refractivity contribution in [2.75, 3.05) is 6.54 Å². The highest BCUT2D eigenvalue weighted by Crippen LogP contribution is 2.11. The van der Waals surface area contributed by atoms with Gasteiger partial charge in [0.15, 0.2) is 0 Å². The number of rotatable bonds is 5. The SMILES string of the molecule is N[C@H](CNC(=O)ON1C(=O)CCC1=O)Cc1ccccc1. The zero-order valence-electron chi connectivity index (χ0n) is 11.5. The fourth-order valence-corrected chi connectivity index (χ4v) is 1.98. The number of hydrogen-bond acceptors (Lipinski definition) is 5. The summed E-state index contributed by atoms with van der Waals surface area (Å²) in [6.45, 7) is 0.184. The normalized spacial score (nSPS) is 16.0. The van der Waals surface area contributed by atoms with Crippen molar-refractivity contribution >= 4 is 17.9 Å². The van der Waals surface area contributed by atoms with Crippen molar-refractivity contribution in [1.82, 2.24) is 10.4 Å². The van der Waals surface area contributed by atoms with E-state index in [4.69, 9.17) is 5.73 Å². The van der Waals surface area contributed by atoms with E-state index in [0.717, 1.165) is 5.56 Å². The molecule has 21 heavy (non-hydrogen) atoms. The van der Waals surface area contributed by atoms with Crippen LogP contribution in [-0.2, 0) is 20.8 Å². The van der Waals surface area contributed by atoms with Gasteiger partial charge in [-0.15, -0.1) is 5.06 Å². The molecule has 1 aromatic rings. The monoisotopic (exact) mass is 291 g/mol. The van der Waals surface area contributed by atoms with Gasteiger partial charge in [-0.25, -0.2) is 4.79 Å². The van der Waals surface area contributed by atoms with E-state index in [1.165, 1.54) is 0 Å². The first-order valence-corrected chi connectivity index (χ1v) is 6.67. The van der Waals surface area contributed by atoms with Crippen molar-refractivity contribution < 1.29 is 19.2 Å². The number of amides is 3. The molecule has 1 fully saturated rings. The van der Waals surface area contributed by atoms with Gasteiger partial charge < -0.3 is 15.9 Å². The minimum Gasteiger partial charge on any atom is -0.326 e. The first kappa shape index (κ1) is 15.0. The number of nitrogens with one attached hydrogen (secondary N) is 1. The lowest BCUT2D eigenvalue weighted by Crippen LogP contribution is -2.42. The Morgan fingerprint density at radius 3 is 2.48 bits per heavy atom. The lowest BCUT2D eigenvalue weighted by atomic mass is 10.1. The van der Waals surface area contributed by atoms with Crippen LogP contribution in [0.15, 0.2) is 30.3 Å². The Kier molecular flexibility index (Phi) is 4.89. The average molecular weight is 291 g/mol. The maximum Gasteiger partial charge on any atom is 0.432 e. The molecule has 0 saturated carbocycles. The van der Waals surface area contributed by atoms with Crippen LogP contribution in [0.5, 0.6) is 0 Å². The van der Waals surface area contributed by atoms with Crippen LogP contribution in [0.1, 0.15) is 18.4 Å². The molecule has 7 heteroatoms. The summed E-state index contributed by atoms with van der Waals surface area (Å²) < 4.78 is 0. The van der Waals surface area contributed by atoms with E-state index in [1.807, 2.05) is 30.3 Å². The van der Waals surface area contributed by atoms with Crippen molar-refractivity contribution in [2.24, 2.45) is 5.73 Å². The van der Waals surface area contributed by atoms with Crippen LogP contribution in [0.2, 0.25) is 0 Å². The molecule has 1 heterocycles. The summed E-state index contributed by atoms with van der Waals surface area (Å²) in [7, 11) is 0. The van der Waals surface area contributed by atoms with Crippen molar-refractivity contribution in [1.29, 1.82) is 0 Å². The van der Waals surface area contributed by atoms with Gasteiger partial charge in [0.2, 0.25) is 0 Å². The molecule has 1 atom stereocenters. The van der Waals surface area contributed by atoms with Crippen LogP contribution in [0.3, 0.4) is 0 Å². The van der Waals surface area contributed by atoms with Gasteiger partial charge in [-0.1, -0.05) is 30.3 Å². The highest BCUT2D eigenvalue weighted by atomic mass is 16.7. The van der Waals surface area contributed by atoms with Gasteiger partial charge in [0, 0.05) is 25.4 Å². The largest absolute Gasteiger partial charge is 0.432 e. The second kappa shape index (κ2) is 6.85. The molecule has 1 aliphatic rings. The van der Waals surface area contributed by atoms with Gasteiger partial charge in [-0.05, 0) is 12.0 Å². The second-order valence-electron chi connectivity index (χ2n) is 4.79. The van der Waals surface area contributed by atoms with E-state index in [2.05, 4.69) is 10.2 Å². The van der Waals surface area contributed by atoms with Crippen LogP contribution in [-0.4, -0.2) is 35.6 Å². The van der Waals surface area contributed by atoms with Crippen LogP contribution in [0, 0.1) is 0 Å². The van der Waals surface area contributed by atoms with Gasteiger partial charge in [0.1, 0.15) is 0 Å². The molecule has 2 rings (SSSR count). The fourth-order valence-electron chi connectivity index (χ4n) is 1.98. The zero-order chi connectivity index (χ0) is 15.2. The number of imide groups is 1. The molecule has 3 amide bonds. The van der Waals surface area contributed by atoms with Crippen molar-refractivity contribution in [3.8, 4) is 0 Å². The van der Waals surface area contributed by atoms with Crippen LogP contribution >= 0.6 is 0 Å². The average Bonchev–Trinajstić information content (AvgIpc) is 2.78. The molecule has 0 aromatic heterocycles. The third-order valence-corrected chi connectivity index (χ3v) is 3.03. The summed E-state index contributed by atoms with van der Waals surface area (Å²) in [5.41, 5.74) is 6.96. The van der Waals surface area contributed by atoms with E-state index >= 15 is 0 Å². The zero-order valence-corrected chi connectivity index (χ0v) is 11.5. The number of hydrogen-bond donors (Lipinski definition) is 2. The molecule has 1 aromatic carbocycles. The van der Waals surface area contributed by atoms with Gasteiger partial charge >= 0.3 is 6.09 Å². The Bertz CT molecular complexity index is 516. The third kappa shape index (κ3) is 4.28. The Morgan fingerprint density at radius 1 is 1.24 bits per heavy atom. The summed E-state index contributed by atoms with van der Waals surface area (Å²) in [4.78, 5) is 38.7. The fraction of sp³-hybridized carbons (Fsp3) is 0.357. The predicted molar refractivity (Wildman–Crippen MR) is 73.7 cm³/mol. The Morgan fingerprint density at radius 2 is 1.86 bits per heavy atom. The van der Waals surface area contributed by atoms with Crippen molar-refractivity contribution in [2.45, 2.75) is 25.3 Å². The smallest absolute Gasteiger partial charge is 0.326 e. The molecule has 0 bridgehead atoms. The number of nitrogens with zero attached hydrogens (tertiary/aromatic N) is 1. The Labute approximate surface area is 122 Å². The summed E-state index contributed by atoms with van der Waals surface area (Å²) in [6, 6.07) is 9.33. The molecule has 1 saturated heterocycles. The number of hydroxylamine groups is 2. The van der Waals surface area contributed by atoms with E-state index < -0.39 is 17.9 Å². The summed E-state index contributed by atoms with van der Waals surface area (Å²) >= 11 is 0. The molecular weight excluding hydrogens is 274 g/mol. The topological polar surface area (TPSA) is 102 Å². The van der Waals surface area contributed by atoms with E-state index in [-0.39, 0.29) is 25.4 Å². The molecule has 0 aliphatic carbocycles. The summed E-state index contributed by atoms with van der Waals surface area (Å²) in [5.74, 6) is -1.02. The molecular formula is C14H17N3O4. The highest BCUT2D eigenvalue weighted by molar-refractivity contribution is 6.01. The van der Waals surface area contributed by atoms with Gasteiger partial charge in [-0.3, -0.25) is 9.59 Å². The lowest BCUT2D eigenvalue weighted by Gasteiger charge is -2.15. The summed E-state index contributed by atoms with van der Waals surface area (Å²) in [6.07, 6.45) is -0.121. The van der Waals surface area contributed by atoms with Crippen LogP contribution < -0.4 is 11.1 Å². The van der Waals surface area contributed by atoms with E-state index in [1.54, 1.807) is 0 Å². The Balaban J connectivity index is 1.73. The molecule has 0 radical (unpaired) electrons. The molecule has 3 N–H and O–H groups in total. The van der Waals surface area contributed by atoms with E-state index in [0.29, 0.717) is 11.5 Å². The molecule has 7 nitrogen and oxygen atoms in total.